The van der Waals surface area contributed by atoms with Crippen LogP contribution in [0.15, 0.2) is 28.8 Å². The van der Waals surface area contributed by atoms with Crippen molar-refractivity contribution in [2.45, 2.75) is 0 Å². The Kier molecular flexibility index (Phi) is 3.18. The van der Waals surface area contributed by atoms with Gasteiger partial charge in [-0.15, -0.1) is 0 Å². The smallest absolute Gasteiger partial charge is 0.374 e. The van der Waals surface area contributed by atoms with Crippen LogP contribution >= 0.6 is 0 Å². The molecule has 6 nitrogen and oxygen atoms in total. The van der Waals surface area contributed by atoms with Gasteiger partial charge in [-0.05, 0) is 18.2 Å². The molecule has 0 bridgehead atoms. The molecule has 2 rings (SSSR count). The molecule has 0 atom stereocenters. The molecule has 0 fully saturated rings. The fourth-order valence-corrected chi connectivity index (χ4v) is 1.52. The number of aromatic carboxylic acids is 1. The zero-order valence-electron chi connectivity index (χ0n) is 9.84. The largest absolute Gasteiger partial charge is 0.497 e. The van der Waals surface area contributed by atoms with Gasteiger partial charge in [0.15, 0.2) is 0 Å². The summed E-state index contributed by atoms with van der Waals surface area (Å²) in [4.78, 5) is 10.7. The number of hydrogen-bond donors (Lipinski definition) is 1. The van der Waals surface area contributed by atoms with Gasteiger partial charge in [-0.3, -0.25) is 0 Å². The van der Waals surface area contributed by atoms with Crippen LogP contribution in [-0.4, -0.2) is 30.5 Å². The van der Waals surface area contributed by atoms with Gasteiger partial charge < -0.3 is 19.1 Å². The van der Waals surface area contributed by atoms with Gasteiger partial charge in [-0.2, -0.15) is 0 Å². The van der Waals surface area contributed by atoms with Crippen molar-refractivity contribution >= 4 is 5.97 Å². The molecule has 0 aliphatic carbocycles. The Labute approximate surface area is 103 Å². The van der Waals surface area contributed by atoms with Crippen LogP contribution in [0.4, 0.5) is 0 Å². The number of carbonyl (C=O) groups is 1. The average Bonchev–Trinajstić information content (AvgIpc) is 2.87. The van der Waals surface area contributed by atoms with E-state index < -0.39 is 5.97 Å². The predicted octanol–water partition coefficient (Wildman–Crippen LogP) is 2.06. The van der Waals surface area contributed by atoms with E-state index in [-0.39, 0.29) is 5.76 Å². The summed E-state index contributed by atoms with van der Waals surface area (Å²) in [5.41, 5.74) is 0.983. The summed E-state index contributed by atoms with van der Waals surface area (Å²) in [7, 11) is 3.06. The second-order valence-corrected chi connectivity index (χ2v) is 3.45. The summed E-state index contributed by atoms with van der Waals surface area (Å²) in [5.74, 6) is -0.225. The lowest BCUT2D eigenvalue weighted by Gasteiger charge is -2.07. The standard InChI is InChI=1S/C12H11NO5/c1-16-7-3-4-10(17-2)8(5-7)9-6-11(12(14)15)18-13-9/h3-6H,1-2H3,(H,14,15). The van der Waals surface area contributed by atoms with Crippen molar-refractivity contribution in [3.8, 4) is 22.8 Å². The van der Waals surface area contributed by atoms with Crippen LogP contribution in [-0.2, 0) is 0 Å². The highest BCUT2D eigenvalue weighted by atomic mass is 16.5. The van der Waals surface area contributed by atoms with E-state index in [1.54, 1.807) is 18.2 Å². The molecule has 6 heteroatoms. The lowest BCUT2D eigenvalue weighted by atomic mass is 10.1. The molecule has 1 heterocycles. The first kappa shape index (κ1) is 12.0. The van der Waals surface area contributed by atoms with Crippen molar-refractivity contribution in [3.05, 3.63) is 30.0 Å². The minimum atomic E-state index is -1.17. The summed E-state index contributed by atoms with van der Waals surface area (Å²) in [5, 5.41) is 12.5. The van der Waals surface area contributed by atoms with Crippen molar-refractivity contribution in [2.75, 3.05) is 14.2 Å². The van der Waals surface area contributed by atoms with Gasteiger partial charge in [0.25, 0.3) is 0 Å². The summed E-state index contributed by atoms with van der Waals surface area (Å²) >= 11 is 0. The number of carboxylic acids is 1. The van der Waals surface area contributed by atoms with Gasteiger partial charge in [0.1, 0.15) is 17.2 Å². The third-order valence-electron chi connectivity index (χ3n) is 2.40. The van der Waals surface area contributed by atoms with E-state index in [0.29, 0.717) is 22.8 Å². The van der Waals surface area contributed by atoms with Crippen LogP contribution in [0.5, 0.6) is 11.5 Å². The monoisotopic (exact) mass is 249 g/mol. The molecule has 2 aromatic rings. The Balaban J connectivity index is 2.50. The Hall–Kier alpha value is -2.50. The third kappa shape index (κ3) is 2.13. The number of benzene rings is 1. The summed E-state index contributed by atoms with van der Waals surface area (Å²) < 4.78 is 15.0. The Morgan fingerprint density at radius 2 is 2.06 bits per heavy atom. The quantitative estimate of drug-likeness (QED) is 0.893. The van der Waals surface area contributed by atoms with Gasteiger partial charge in [0.05, 0.1) is 14.2 Å². The summed E-state index contributed by atoms with van der Waals surface area (Å²) in [6.45, 7) is 0. The molecule has 1 aromatic carbocycles. The van der Waals surface area contributed by atoms with E-state index in [4.69, 9.17) is 19.1 Å². The molecule has 0 spiro atoms. The molecule has 1 N–H and O–H groups in total. The van der Waals surface area contributed by atoms with Crippen molar-refractivity contribution < 1.29 is 23.9 Å². The minimum Gasteiger partial charge on any atom is -0.497 e. The van der Waals surface area contributed by atoms with E-state index >= 15 is 0 Å². The van der Waals surface area contributed by atoms with Crippen molar-refractivity contribution in [3.63, 3.8) is 0 Å². The lowest BCUT2D eigenvalue weighted by molar-refractivity contribution is 0.0652. The van der Waals surface area contributed by atoms with E-state index in [2.05, 4.69) is 5.16 Å². The minimum absolute atomic E-state index is 0.227. The number of carboxylic acid groups (broad SMARTS) is 1. The Morgan fingerprint density at radius 3 is 2.61 bits per heavy atom. The van der Waals surface area contributed by atoms with Crippen LogP contribution in [0.3, 0.4) is 0 Å². The molecule has 94 valence electrons. The highest BCUT2D eigenvalue weighted by Gasteiger charge is 2.16. The number of rotatable bonds is 4. The van der Waals surface area contributed by atoms with E-state index in [1.807, 2.05) is 0 Å². The second-order valence-electron chi connectivity index (χ2n) is 3.45. The summed E-state index contributed by atoms with van der Waals surface area (Å²) in [6, 6.07) is 6.48. The zero-order valence-corrected chi connectivity index (χ0v) is 9.84. The molecule has 0 saturated heterocycles. The van der Waals surface area contributed by atoms with Gasteiger partial charge in [0.2, 0.25) is 5.76 Å². The molecule has 1 aromatic heterocycles. The zero-order chi connectivity index (χ0) is 13.1. The topological polar surface area (TPSA) is 81.8 Å². The van der Waals surface area contributed by atoms with E-state index in [9.17, 15) is 4.79 Å². The van der Waals surface area contributed by atoms with Gasteiger partial charge in [0, 0.05) is 11.6 Å². The Morgan fingerprint density at radius 1 is 1.28 bits per heavy atom. The molecular formula is C12H11NO5. The SMILES string of the molecule is COc1ccc(OC)c(-c2cc(C(=O)O)on2)c1. The number of ether oxygens (including phenoxy) is 2. The highest BCUT2D eigenvalue weighted by Crippen LogP contribution is 2.32. The fraction of sp³-hybridized carbons (Fsp3) is 0.167. The first-order chi connectivity index (χ1) is 8.65. The molecule has 18 heavy (non-hydrogen) atoms. The molecular weight excluding hydrogens is 238 g/mol. The first-order valence-electron chi connectivity index (χ1n) is 5.08. The Bertz CT molecular complexity index is 576. The number of methoxy groups -OCH3 is 2. The molecule has 0 aliphatic rings. The number of hydrogen-bond acceptors (Lipinski definition) is 5. The number of aromatic nitrogens is 1. The van der Waals surface area contributed by atoms with Crippen molar-refractivity contribution in [1.82, 2.24) is 5.16 Å². The maximum Gasteiger partial charge on any atom is 0.374 e. The van der Waals surface area contributed by atoms with Crippen LogP contribution in [0.2, 0.25) is 0 Å². The molecule has 0 saturated carbocycles. The van der Waals surface area contributed by atoms with Crippen LogP contribution in [0.25, 0.3) is 11.3 Å². The highest BCUT2D eigenvalue weighted by molar-refractivity contribution is 5.86. The van der Waals surface area contributed by atoms with Crippen molar-refractivity contribution in [1.29, 1.82) is 0 Å². The second kappa shape index (κ2) is 4.79. The van der Waals surface area contributed by atoms with Crippen molar-refractivity contribution in [2.24, 2.45) is 0 Å². The predicted molar refractivity (Wildman–Crippen MR) is 62.0 cm³/mol. The number of nitrogens with zero attached hydrogens (tertiary/aromatic N) is 1. The normalized spacial score (nSPS) is 10.1. The van der Waals surface area contributed by atoms with E-state index in [1.165, 1.54) is 20.3 Å². The van der Waals surface area contributed by atoms with Crippen LogP contribution in [0, 0.1) is 0 Å². The fourth-order valence-electron chi connectivity index (χ4n) is 1.52. The molecule has 0 amide bonds. The lowest BCUT2D eigenvalue weighted by Crippen LogP contribution is -1.92. The summed E-state index contributed by atoms with van der Waals surface area (Å²) in [6.07, 6.45) is 0. The molecule has 0 aliphatic heterocycles. The van der Waals surface area contributed by atoms with Gasteiger partial charge in [-0.1, -0.05) is 5.16 Å². The van der Waals surface area contributed by atoms with Crippen LogP contribution in [0.1, 0.15) is 10.6 Å². The maximum atomic E-state index is 10.7. The van der Waals surface area contributed by atoms with Gasteiger partial charge >= 0.3 is 5.97 Å². The molecule has 0 unspecified atom stereocenters. The third-order valence-corrected chi connectivity index (χ3v) is 2.40. The molecule has 0 radical (unpaired) electrons. The average molecular weight is 249 g/mol. The first-order valence-corrected chi connectivity index (χ1v) is 5.08. The van der Waals surface area contributed by atoms with Gasteiger partial charge in [-0.25, -0.2) is 4.79 Å². The van der Waals surface area contributed by atoms with E-state index in [0.717, 1.165) is 0 Å². The van der Waals surface area contributed by atoms with Crippen LogP contribution < -0.4 is 9.47 Å². The maximum absolute atomic E-state index is 10.7.